The lowest BCUT2D eigenvalue weighted by Crippen LogP contribution is -2.29. The lowest BCUT2D eigenvalue weighted by Gasteiger charge is -2.12. The Morgan fingerprint density at radius 1 is 1.37 bits per heavy atom. The minimum absolute atomic E-state index is 0.197. The monoisotopic (exact) mass is 328 g/mol. The number of hydrogen-bond donors (Lipinski definition) is 2. The molecule has 0 aliphatic heterocycles. The van der Waals surface area contributed by atoms with Crippen molar-refractivity contribution < 1.29 is 14.3 Å². The van der Waals surface area contributed by atoms with Crippen LogP contribution in [-0.4, -0.2) is 36.9 Å². The van der Waals surface area contributed by atoms with Crippen molar-refractivity contribution in [2.45, 2.75) is 11.8 Å². The molecule has 0 saturated heterocycles. The van der Waals surface area contributed by atoms with Crippen LogP contribution in [0.15, 0.2) is 24.3 Å². The summed E-state index contributed by atoms with van der Waals surface area (Å²) in [7, 11) is 1.57. The molecule has 1 atom stereocenters. The van der Waals surface area contributed by atoms with Crippen molar-refractivity contribution >= 4 is 33.4 Å². The number of para-hydroxylation sites is 1. The SMILES string of the molecule is COCCNC(=O)c1ccccc1NC(=O)C(C)Br. The lowest BCUT2D eigenvalue weighted by atomic mass is 10.1. The van der Waals surface area contributed by atoms with E-state index >= 15 is 0 Å². The molecule has 2 amide bonds. The smallest absolute Gasteiger partial charge is 0.253 e. The summed E-state index contributed by atoms with van der Waals surface area (Å²) in [5, 5.41) is 5.42. The standard InChI is InChI=1S/C13H17BrN2O3/c1-9(14)12(17)16-11-6-4-3-5-10(11)13(18)15-7-8-19-2/h3-6,9H,7-8H2,1-2H3,(H,15,18)(H,16,17). The Labute approximate surface area is 120 Å². The van der Waals surface area contributed by atoms with Gasteiger partial charge in [-0.25, -0.2) is 0 Å². The van der Waals surface area contributed by atoms with Crippen LogP contribution in [0.5, 0.6) is 0 Å². The molecule has 1 aromatic rings. The quantitative estimate of drug-likeness (QED) is 0.618. The maximum absolute atomic E-state index is 12.0. The maximum Gasteiger partial charge on any atom is 0.253 e. The molecule has 0 aromatic heterocycles. The van der Waals surface area contributed by atoms with Crippen LogP contribution >= 0.6 is 15.9 Å². The second-order valence-corrected chi connectivity index (χ2v) is 5.27. The Hall–Kier alpha value is -1.40. The van der Waals surface area contributed by atoms with Gasteiger partial charge in [0.1, 0.15) is 0 Å². The number of nitrogens with one attached hydrogen (secondary N) is 2. The van der Waals surface area contributed by atoms with Gasteiger partial charge in [0.05, 0.1) is 22.7 Å². The van der Waals surface area contributed by atoms with Crippen LogP contribution in [0, 0.1) is 0 Å². The first kappa shape index (κ1) is 15.7. The average Bonchev–Trinajstić information content (AvgIpc) is 2.39. The molecular formula is C13H17BrN2O3. The van der Waals surface area contributed by atoms with Crippen LogP contribution in [0.25, 0.3) is 0 Å². The molecule has 5 nitrogen and oxygen atoms in total. The number of alkyl halides is 1. The molecule has 0 bridgehead atoms. The Bertz CT molecular complexity index is 449. The van der Waals surface area contributed by atoms with Gasteiger partial charge in [-0.1, -0.05) is 28.1 Å². The van der Waals surface area contributed by atoms with Crippen LogP contribution in [-0.2, 0) is 9.53 Å². The average molecular weight is 329 g/mol. The molecule has 0 aliphatic rings. The van der Waals surface area contributed by atoms with Crippen molar-refractivity contribution in [2.75, 3.05) is 25.6 Å². The summed E-state index contributed by atoms with van der Waals surface area (Å²) in [6.07, 6.45) is 0. The zero-order chi connectivity index (χ0) is 14.3. The van der Waals surface area contributed by atoms with Gasteiger partial charge >= 0.3 is 0 Å². The summed E-state index contributed by atoms with van der Waals surface area (Å²) in [5.41, 5.74) is 0.925. The Morgan fingerprint density at radius 2 is 2.05 bits per heavy atom. The number of carbonyl (C=O) groups is 2. The fourth-order valence-corrected chi connectivity index (χ4v) is 1.50. The number of rotatable bonds is 6. The Morgan fingerprint density at radius 3 is 2.68 bits per heavy atom. The molecule has 0 spiro atoms. The second kappa shape index (κ2) is 7.91. The van der Waals surface area contributed by atoms with Crippen molar-refractivity contribution in [3.05, 3.63) is 29.8 Å². The molecule has 2 N–H and O–H groups in total. The van der Waals surface area contributed by atoms with Gasteiger partial charge in [0.2, 0.25) is 5.91 Å². The minimum atomic E-state index is -0.322. The Kier molecular flexibility index (Phi) is 6.52. The maximum atomic E-state index is 12.0. The first-order chi connectivity index (χ1) is 9.06. The highest BCUT2D eigenvalue weighted by Gasteiger charge is 2.14. The predicted molar refractivity (Wildman–Crippen MR) is 77.7 cm³/mol. The summed E-state index contributed by atoms with van der Waals surface area (Å²) >= 11 is 3.18. The van der Waals surface area contributed by atoms with Gasteiger partial charge in [-0.15, -0.1) is 0 Å². The molecule has 0 heterocycles. The van der Waals surface area contributed by atoms with Gasteiger partial charge < -0.3 is 15.4 Å². The van der Waals surface area contributed by atoms with Crippen molar-refractivity contribution in [1.29, 1.82) is 0 Å². The van der Waals surface area contributed by atoms with Crippen LogP contribution in [0.2, 0.25) is 0 Å². The number of methoxy groups -OCH3 is 1. The summed E-state index contributed by atoms with van der Waals surface area (Å²) in [6.45, 7) is 2.59. The van der Waals surface area contributed by atoms with E-state index in [0.717, 1.165) is 0 Å². The highest BCUT2D eigenvalue weighted by atomic mass is 79.9. The number of carbonyl (C=O) groups excluding carboxylic acids is 2. The van der Waals surface area contributed by atoms with Crippen LogP contribution in [0.1, 0.15) is 17.3 Å². The third kappa shape index (κ3) is 5.00. The van der Waals surface area contributed by atoms with E-state index in [1.165, 1.54) is 0 Å². The zero-order valence-corrected chi connectivity index (χ0v) is 12.5. The highest BCUT2D eigenvalue weighted by molar-refractivity contribution is 9.10. The molecule has 0 fully saturated rings. The van der Waals surface area contributed by atoms with Crippen molar-refractivity contribution in [3.63, 3.8) is 0 Å². The molecule has 104 valence electrons. The van der Waals surface area contributed by atoms with E-state index in [2.05, 4.69) is 26.6 Å². The molecule has 6 heteroatoms. The molecular weight excluding hydrogens is 312 g/mol. The van der Waals surface area contributed by atoms with E-state index in [1.54, 1.807) is 38.3 Å². The van der Waals surface area contributed by atoms with E-state index in [1.807, 2.05) is 0 Å². The van der Waals surface area contributed by atoms with Gasteiger partial charge in [0.25, 0.3) is 5.91 Å². The highest BCUT2D eigenvalue weighted by Crippen LogP contribution is 2.16. The van der Waals surface area contributed by atoms with Gasteiger partial charge in [-0.05, 0) is 19.1 Å². The number of halogens is 1. The first-order valence-corrected chi connectivity index (χ1v) is 6.79. The molecule has 19 heavy (non-hydrogen) atoms. The molecule has 1 unspecified atom stereocenters. The molecule has 1 aromatic carbocycles. The number of anilines is 1. The van der Waals surface area contributed by atoms with E-state index in [9.17, 15) is 9.59 Å². The first-order valence-electron chi connectivity index (χ1n) is 5.87. The van der Waals surface area contributed by atoms with E-state index in [4.69, 9.17) is 4.74 Å². The largest absolute Gasteiger partial charge is 0.383 e. The van der Waals surface area contributed by atoms with Crippen molar-refractivity contribution in [3.8, 4) is 0 Å². The summed E-state index contributed by atoms with van der Waals surface area (Å²) in [4.78, 5) is 23.3. The third-order valence-corrected chi connectivity index (χ3v) is 2.80. The number of ether oxygens (including phenoxy) is 1. The number of hydrogen-bond acceptors (Lipinski definition) is 3. The lowest BCUT2D eigenvalue weighted by molar-refractivity contribution is -0.115. The van der Waals surface area contributed by atoms with Crippen LogP contribution in [0.4, 0.5) is 5.69 Å². The topological polar surface area (TPSA) is 67.4 Å². The zero-order valence-electron chi connectivity index (χ0n) is 10.9. The number of amides is 2. The molecule has 0 radical (unpaired) electrons. The van der Waals surface area contributed by atoms with Gasteiger partial charge in [-0.2, -0.15) is 0 Å². The van der Waals surface area contributed by atoms with Gasteiger partial charge in [0, 0.05) is 13.7 Å². The van der Waals surface area contributed by atoms with Crippen LogP contribution in [0.3, 0.4) is 0 Å². The predicted octanol–water partition coefficient (Wildman–Crippen LogP) is 1.78. The Balaban J connectivity index is 2.77. The fourth-order valence-electron chi connectivity index (χ4n) is 1.38. The normalized spacial score (nSPS) is 11.7. The fraction of sp³-hybridized carbons (Fsp3) is 0.385. The van der Waals surface area contributed by atoms with Crippen molar-refractivity contribution in [1.82, 2.24) is 5.32 Å². The second-order valence-electron chi connectivity index (χ2n) is 3.90. The molecule has 0 saturated carbocycles. The van der Waals surface area contributed by atoms with Crippen LogP contribution < -0.4 is 10.6 Å². The summed E-state index contributed by atoms with van der Waals surface area (Å²) < 4.78 is 4.86. The molecule has 0 aliphatic carbocycles. The van der Waals surface area contributed by atoms with E-state index in [-0.39, 0.29) is 16.6 Å². The van der Waals surface area contributed by atoms with E-state index in [0.29, 0.717) is 24.4 Å². The van der Waals surface area contributed by atoms with Gasteiger partial charge in [-0.3, -0.25) is 9.59 Å². The van der Waals surface area contributed by atoms with E-state index < -0.39 is 0 Å². The van der Waals surface area contributed by atoms with Crippen molar-refractivity contribution in [2.24, 2.45) is 0 Å². The third-order valence-electron chi connectivity index (χ3n) is 2.38. The number of benzene rings is 1. The summed E-state index contributed by atoms with van der Waals surface area (Å²) in [6, 6.07) is 6.87. The van der Waals surface area contributed by atoms with Gasteiger partial charge in [0.15, 0.2) is 0 Å². The summed E-state index contributed by atoms with van der Waals surface area (Å²) in [5.74, 6) is -0.438. The molecule has 1 rings (SSSR count). The minimum Gasteiger partial charge on any atom is -0.383 e.